The summed E-state index contributed by atoms with van der Waals surface area (Å²) >= 11 is 0. The highest BCUT2D eigenvalue weighted by Gasteiger charge is 2.27. The van der Waals surface area contributed by atoms with Crippen molar-refractivity contribution in [2.75, 3.05) is 26.7 Å². The van der Waals surface area contributed by atoms with Crippen LogP contribution in [0.4, 0.5) is 0 Å². The lowest BCUT2D eigenvalue weighted by Crippen LogP contribution is -2.46. The Kier molecular flexibility index (Phi) is 6.63. The van der Waals surface area contributed by atoms with Gasteiger partial charge in [-0.1, -0.05) is 49.3 Å². The smallest absolute Gasteiger partial charge is 0.276 e. The zero-order chi connectivity index (χ0) is 19.2. The van der Waals surface area contributed by atoms with Gasteiger partial charge in [0.25, 0.3) is 5.91 Å². The van der Waals surface area contributed by atoms with Gasteiger partial charge in [-0.25, -0.2) is 0 Å². The lowest BCUT2D eigenvalue weighted by molar-refractivity contribution is -0.0300. The van der Waals surface area contributed by atoms with Crippen LogP contribution in [0.5, 0.6) is 0 Å². The highest BCUT2D eigenvalue weighted by Crippen LogP contribution is 2.17. The number of morpholine rings is 1. The molecule has 1 aromatic carbocycles. The van der Waals surface area contributed by atoms with Gasteiger partial charge in [-0.05, 0) is 24.9 Å². The average Bonchev–Trinajstić information content (AvgIpc) is 3.10. The number of carbonyl (C=O) groups excluding carboxylic acids is 1. The molecule has 0 spiro atoms. The number of ether oxygens (including phenoxy) is 1. The highest BCUT2D eigenvalue weighted by molar-refractivity contribution is 5.92. The Hall–Kier alpha value is -2.18. The summed E-state index contributed by atoms with van der Waals surface area (Å²) in [6.45, 7) is 7.55. The molecule has 2 heterocycles. The van der Waals surface area contributed by atoms with Crippen molar-refractivity contribution in [1.29, 1.82) is 0 Å². The van der Waals surface area contributed by atoms with Gasteiger partial charge >= 0.3 is 0 Å². The number of aromatic nitrogens is 1. The molecule has 2 aromatic rings. The second kappa shape index (κ2) is 9.15. The van der Waals surface area contributed by atoms with Crippen LogP contribution in [-0.2, 0) is 17.8 Å². The van der Waals surface area contributed by atoms with E-state index in [1.807, 2.05) is 30.1 Å². The molecule has 1 amide bonds. The number of carbonyl (C=O) groups is 1. The Morgan fingerprint density at radius 1 is 1.30 bits per heavy atom. The maximum absolute atomic E-state index is 12.8. The van der Waals surface area contributed by atoms with Crippen molar-refractivity contribution in [3.05, 3.63) is 53.4 Å². The number of benzene rings is 1. The quantitative estimate of drug-likeness (QED) is 0.748. The van der Waals surface area contributed by atoms with Crippen LogP contribution in [0.25, 0.3) is 0 Å². The second-order valence-corrected chi connectivity index (χ2v) is 7.71. The first-order chi connectivity index (χ1) is 13.0. The number of hydrogen-bond donors (Lipinski definition) is 0. The predicted molar refractivity (Wildman–Crippen MR) is 103 cm³/mol. The fraction of sp³-hybridized carbons (Fsp3) is 0.524. The van der Waals surface area contributed by atoms with Gasteiger partial charge in [0, 0.05) is 25.7 Å². The van der Waals surface area contributed by atoms with Gasteiger partial charge in [-0.2, -0.15) is 0 Å². The molecule has 27 heavy (non-hydrogen) atoms. The van der Waals surface area contributed by atoms with Crippen LogP contribution in [0, 0.1) is 5.92 Å². The van der Waals surface area contributed by atoms with E-state index in [4.69, 9.17) is 9.26 Å². The number of rotatable bonds is 7. The monoisotopic (exact) mass is 371 g/mol. The first-order valence-corrected chi connectivity index (χ1v) is 9.60. The molecule has 3 rings (SSSR count). The summed E-state index contributed by atoms with van der Waals surface area (Å²) in [4.78, 5) is 16.7. The largest absolute Gasteiger partial charge is 0.375 e. The lowest BCUT2D eigenvalue weighted by Gasteiger charge is -2.33. The molecule has 1 saturated heterocycles. The summed E-state index contributed by atoms with van der Waals surface area (Å²) in [5.41, 5.74) is 1.61. The topological polar surface area (TPSA) is 58.8 Å². The fourth-order valence-corrected chi connectivity index (χ4v) is 3.44. The van der Waals surface area contributed by atoms with Gasteiger partial charge in [-0.3, -0.25) is 9.69 Å². The maximum atomic E-state index is 12.8. The molecular formula is C21H29N3O3. The minimum atomic E-state index is -0.0761. The molecule has 1 aromatic heterocycles. The van der Waals surface area contributed by atoms with E-state index >= 15 is 0 Å². The second-order valence-electron chi connectivity index (χ2n) is 7.71. The van der Waals surface area contributed by atoms with Crippen molar-refractivity contribution in [2.24, 2.45) is 5.92 Å². The van der Waals surface area contributed by atoms with Crippen LogP contribution in [-0.4, -0.2) is 53.7 Å². The molecule has 0 unspecified atom stereocenters. The standard InChI is InChI=1S/C21H29N3O3/c1-16(2)11-18-15-24(9-10-26-18)21(25)20-12-19(27-22-20)14-23(3)13-17-7-5-4-6-8-17/h4-8,12,16,18H,9-11,13-15H2,1-3H3/t18-/m1/s1. The summed E-state index contributed by atoms with van der Waals surface area (Å²) in [5, 5.41) is 4.00. The third kappa shape index (κ3) is 5.65. The van der Waals surface area contributed by atoms with Gasteiger partial charge < -0.3 is 14.2 Å². The van der Waals surface area contributed by atoms with Crippen LogP contribution in [0.15, 0.2) is 40.9 Å². The third-order valence-electron chi connectivity index (χ3n) is 4.66. The van der Waals surface area contributed by atoms with Gasteiger partial charge in [0.15, 0.2) is 11.5 Å². The SMILES string of the molecule is CC(C)C[C@@H]1CN(C(=O)c2cc(CN(C)Cc3ccccc3)on2)CCO1. The van der Waals surface area contributed by atoms with E-state index < -0.39 is 0 Å². The van der Waals surface area contributed by atoms with Crippen LogP contribution in [0.3, 0.4) is 0 Å². The molecular weight excluding hydrogens is 342 g/mol. The molecule has 6 heteroatoms. The zero-order valence-electron chi connectivity index (χ0n) is 16.4. The van der Waals surface area contributed by atoms with Crippen molar-refractivity contribution >= 4 is 5.91 Å². The Balaban J connectivity index is 1.55. The fourth-order valence-electron chi connectivity index (χ4n) is 3.44. The van der Waals surface area contributed by atoms with E-state index in [9.17, 15) is 4.79 Å². The van der Waals surface area contributed by atoms with Crippen molar-refractivity contribution in [2.45, 2.75) is 39.5 Å². The average molecular weight is 371 g/mol. The van der Waals surface area contributed by atoms with Crippen molar-refractivity contribution in [3.8, 4) is 0 Å². The van der Waals surface area contributed by atoms with E-state index in [0.29, 0.717) is 43.6 Å². The molecule has 1 fully saturated rings. The minimum absolute atomic E-state index is 0.0761. The predicted octanol–water partition coefficient (Wildman–Crippen LogP) is 3.19. The molecule has 0 aliphatic carbocycles. The van der Waals surface area contributed by atoms with E-state index in [1.165, 1.54) is 5.56 Å². The van der Waals surface area contributed by atoms with Crippen LogP contribution in [0.1, 0.15) is 42.1 Å². The molecule has 1 aliphatic rings. The molecule has 6 nitrogen and oxygen atoms in total. The summed E-state index contributed by atoms with van der Waals surface area (Å²) in [7, 11) is 2.02. The number of amides is 1. The molecule has 0 radical (unpaired) electrons. The summed E-state index contributed by atoms with van der Waals surface area (Å²) in [5.74, 6) is 1.17. The summed E-state index contributed by atoms with van der Waals surface area (Å²) < 4.78 is 11.2. The molecule has 1 aliphatic heterocycles. The first-order valence-electron chi connectivity index (χ1n) is 9.60. The van der Waals surface area contributed by atoms with Gasteiger partial charge in [0.2, 0.25) is 0 Å². The normalized spacial score (nSPS) is 17.7. The number of nitrogens with zero attached hydrogens (tertiary/aromatic N) is 3. The van der Waals surface area contributed by atoms with E-state index in [-0.39, 0.29) is 12.0 Å². The van der Waals surface area contributed by atoms with E-state index in [1.54, 1.807) is 6.07 Å². The van der Waals surface area contributed by atoms with Crippen molar-refractivity contribution in [3.63, 3.8) is 0 Å². The van der Waals surface area contributed by atoms with Crippen LogP contribution in [0.2, 0.25) is 0 Å². The van der Waals surface area contributed by atoms with Gasteiger partial charge in [0.1, 0.15) is 0 Å². The van der Waals surface area contributed by atoms with Crippen LogP contribution >= 0.6 is 0 Å². The van der Waals surface area contributed by atoms with Gasteiger partial charge in [0.05, 0.1) is 19.3 Å². The summed E-state index contributed by atoms with van der Waals surface area (Å²) in [6.07, 6.45) is 1.06. The summed E-state index contributed by atoms with van der Waals surface area (Å²) in [6, 6.07) is 12.0. The van der Waals surface area contributed by atoms with Crippen molar-refractivity contribution in [1.82, 2.24) is 15.0 Å². The molecule has 0 bridgehead atoms. The Bertz CT molecular complexity index is 729. The third-order valence-corrected chi connectivity index (χ3v) is 4.66. The molecule has 1 atom stereocenters. The zero-order valence-corrected chi connectivity index (χ0v) is 16.4. The van der Waals surface area contributed by atoms with Gasteiger partial charge in [-0.15, -0.1) is 0 Å². The Morgan fingerprint density at radius 3 is 2.81 bits per heavy atom. The van der Waals surface area contributed by atoms with E-state index in [0.717, 1.165) is 13.0 Å². The number of hydrogen-bond acceptors (Lipinski definition) is 5. The Labute approximate surface area is 161 Å². The Morgan fingerprint density at radius 2 is 2.07 bits per heavy atom. The highest BCUT2D eigenvalue weighted by atomic mass is 16.5. The van der Waals surface area contributed by atoms with Crippen molar-refractivity contribution < 1.29 is 14.1 Å². The van der Waals surface area contributed by atoms with E-state index in [2.05, 4.69) is 36.0 Å². The molecule has 146 valence electrons. The minimum Gasteiger partial charge on any atom is -0.375 e. The molecule has 0 N–H and O–H groups in total. The molecule has 0 saturated carbocycles. The lowest BCUT2D eigenvalue weighted by atomic mass is 10.0. The maximum Gasteiger partial charge on any atom is 0.276 e. The first kappa shape index (κ1) is 19.6. The van der Waals surface area contributed by atoms with Crippen LogP contribution < -0.4 is 0 Å².